The molecule has 102 valence electrons. The van der Waals surface area contributed by atoms with Crippen molar-refractivity contribution in [1.29, 1.82) is 0 Å². The van der Waals surface area contributed by atoms with Crippen LogP contribution in [0.15, 0.2) is 42.5 Å². The van der Waals surface area contributed by atoms with E-state index in [1.54, 1.807) is 37.3 Å². The first-order valence-electron chi connectivity index (χ1n) is 6.02. The number of hydrogen-bond donors (Lipinski definition) is 0. The molecule has 2 aromatic rings. The fourth-order valence-electron chi connectivity index (χ4n) is 1.82. The van der Waals surface area contributed by atoms with Gasteiger partial charge in [0.25, 0.3) is 0 Å². The number of hydrogen-bond acceptors (Lipinski definition) is 4. The standard InChI is InChI=1S/C15H13NO4/c1-10-7-8-15(13(9-10)16(18)19)20-14-6-4-3-5-12(14)11(2)17/h3-9H,1-2H3. The number of carbonyl (C=O) groups is 1. The summed E-state index contributed by atoms with van der Waals surface area (Å²) in [5.74, 6) is 0.275. The van der Waals surface area contributed by atoms with Gasteiger partial charge in [-0.05, 0) is 37.6 Å². The van der Waals surface area contributed by atoms with Gasteiger partial charge in [0, 0.05) is 6.07 Å². The van der Waals surface area contributed by atoms with Gasteiger partial charge < -0.3 is 4.74 Å². The van der Waals surface area contributed by atoms with Crippen molar-refractivity contribution in [3.63, 3.8) is 0 Å². The van der Waals surface area contributed by atoms with Crippen molar-refractivity contribution < 1.29 is 14.5 Å². The molecule has 0 aliphatic heterocycles. The van der Waals surface area contributed by atoms with Crippen LogP contribution in [0.4, 0.5) is 5.69 Å². The van der Waals surface area contributed by atoms with E-state index in [1.807, 2.05) is 0 Å². The van der Waals surface area contributed by atoms with E-state index in [-0.39, 0.29) is 17.2 Å². The molecule has 0 aromatic heterocycles. The van der Waals surface area contributed by atoms with E-state index in [1.165, 1.54) is 19.1 Å². The van der Waals surface area contributed by atoms with Crippen LogP contribution in [0.3, 0.4) is 0 Å². The average Bonchev–Trinajstić information content (AvgIpc) is 2.41. The second-order valence-corrected chi connectivity index (χ2v) is 4.38. The summed E-state index contributed by atoms with van der Waals surface area (Å²) in [4.78, 5) is 22.1. The molecule has 0 fully saturated rings. The molecule has 5 heteroatoms. The second-order valence-electron chi connectivity index (χ2n) is 4.38. The third kappa shape index (κ3) is 2.83. The smallest absolute Gasteiger partial charge is 0.311 e. The van der Waals surface area contributed by atoms with E-state index in [0.29, 0.717) is 11.3 Å². The average molecular weight is 271 g/mol. The predicted molar refractivity (Wildman–Crippen MR) is 74.4 cm³/mol. The zero-order valence-electron chi connectivity index (χ0n) is 11.1. The van der Waals surface area contributed by atoms with Crippen LogP contribution in [-0.2, 0) is 0 Å². The van der Waals surface area contributed by atoms with Crippen LogP contribution >= 0.6 is 0 Å². The molecule has 2 aromatic carbocycles. The monoisotopic (exact) mass is 271 g/mol. The number of ether oxygens (including phenoxy) is 1. The number of aryl methyl sites for hydroxylation is 1. The molecule has 0 aliphatic carbocycles. The van der Waals surface area contributed by atoms with E-state index < -0.39 is 4.92 Å². The maximum absolute atomic E-state index is 11.5. The van der Waals surface area contributed by atoms with Gasteiger partial charge >= 0.3 is 5.69 Å². The molecule has 0 saturated carbocycles. The first-order valence-corrected chi connectivity index (χ1v) is 6.02. The first-order chi connectivity index (χ1) is 9.49. The Kier molecular flexibility index (Phi) is 3.79. The zero-order chi connectivity index (χ0) is 14.7. The lowest BCUT2D eigenvalue weighted by atomic mass is 10.1. The van der Waals surface area contributed by atoms with E-state index in [9.17, 15) is 14.9 Å². The van der Waals surface area contributed by atoms with Gasteiger partial charge in [-0.25, -0.2) is 0 Å². The van der Waals surface area contributed by atoms with Crippen molar-refractivity contribution in [3.05, 3.63) is 63.7 Å². The third-order valence-corrected chi connectivity index (χ3v) is 2.80. The van der Waals surface area contributed by atoms with Gasteiger partial charge in [0.1, 0.15) is 5.75 Å². The van der Waals surface area contributed by atoms with Crippen molar-refractivity contribution in [1.82, 2.24) is 0 Å². The maximum atomic E-state index is 11.5. The molecular weight excluding hydrogens is 258 g/mol. The maximum Gasteiger partial charge on any atom is 0.311 e. The summed E-state index contributed by atoms with van der Waals surface area (Å²) >= 11 is 0. The van der Waals surface area contributed by atoms with E-state index in [0.717, 1.165) is 5.56 Å². The first kappa shape index (κ1) is 13.7. The highest BCUT2D eigenvalue weighted by atomic mass is 16.6. The Morgan fingerprint density at radius 3 is 2.50 bits per heavy atom. The normalized spacial score (nSPS) is 10.1. The molecule has 0 bridgehead atoms. The minimum atomic E-state index is -0.501. The van der Waals surface area contributed by atoms with Gasteiger partial charge in [0.2, 0.25) is 5.75 Å². The number of ketones is 1. The lowest BCUT2D eigenvalue weighted by molar-refractivity contribution is -0.385. The molecular formula is C15H13NO4. The fourth-order valence-corrected chi connectivity index (χ4v) is 1.82. The molecule has 2 rings (SSSR count). The molecule has 0 atom stereocenters. The van der Waals surface area contributed by atoms with Crippen LogP contribution in [0.5, 0.6) is 11.5 Å². The highest BCUT2D eigenvalue weighted by Crippen LogP contribution is 2.33. The molecule has 0 spiro atoms. The van der Waals surface area contributed by atoms with Crippen LogP contribution in [0.1, 0.15) is 22.8 Å². The quantitative estimate of drug-likeness (QED) is 0.480. The van der Waals surface area contributed by atoms with Crippen molar-refractivity contribution in [2.45, 2.75) is 13.8 Å². The van der Waals surface area contributed by atoms with Gasteiger partial charge in [-0.3, -0.25) is 14.9 Å². The molecule has 0 saturated heterocycles. The molecule has 0 amide bonds. The number of carbonyl (C=O) groups excluding carboxylic acids is 1. The summed E-state index contributed by atoms with van der Waals surface area (Å²) < 4.78 is 5.56. The van der Waals surface area contributed by atoms with Crippen LogP contribution < -0.4 is 4.74 Å². The number of nitrogens with zero attached hydrogens (tertiary/aromatic N) is 1. The summed E-state index contributed by atoms with van der Waals surface area (Å²) in [6.45, 7) is 3.19. The molecule has 0 aliphatic rings. The minimum absolute atomic E-state index is 0.120. The summed E-state index contributed by atoms with van der Waals surface area (Å²) in [6.07, 6.45) is 0. The van der Waals surface area contributed by atoms with Crippen LogP contribution in [0, 0.1) is 17.0 Å². The SMILES string of the molecule is CC(=O)c1ccccc1Oc1ccc(C)cc1[N+](=O)[O-]. The van der Waals surface area contributed by atoms with E-state index in [2.05, 4.69) is 0 Å². The number of nitro groups is 1. The summed E-state index contributed by atoms with van der Waals surface area (Å²) in [7, 11) is 0. The number of para-hydroxylation sites is 1. The Labute approximate surface area is 116 Å². The lowest BCUT2D eigenvalue weighted by Gasteiger charge is -2.09. The Bertz CT molecular complexity index is 679. The molecule has 0 radical (unpaired) electrons. The number of Topliss-reactive ketones (excluding diaryl/α,β-unsaturated/α-hetero) is 1. The highest BCUT2D eigenvalue weighted by molar-refractivity contribution is 5.96. The van der Waals surface area contributed by atoms with Gasteiger partial charge in [-0.2, -0.15) is 0 Å². The van der Waals surface area contributed by atoms with E-state index >= 15 is 0 Å². The Morgan fingerprint density at radius 2 is 1.85 bits per heavy atom. The Balaban J connectivity index is 2.45. The minimum Gasteiger partial charge on any atom is -0.449 e. The molecule has 5 nitrogen and oxygen atoms in total. The van der Waals surface area contributed by atoms with E-state index in [4.69, 9.17) is 4.74 Å². The van der Waals surface area contributed by atoms with Gasteiger partial charge in [0.05, 0.1) is 10.5 Å². The topological polar surface area (TPSA) is 69.4 Å². The number of benzene rings is 2. The highest BCUT2D eigenvalue weighted by Gasteiger charge is 2.17. The van der Waals surface area contributed by atoms with Gasteiger partial charge in [0.15, 0.2) is 5.78 Å². The summed E-state index contributed by atoms with van der Waals surface area (Å²) in [5.41, 5.74) is 1.04. The zero-order valence-corrected chi connectivity index (χ0v) is 11.1. The third-order valence-electron chi connectivity index (χ3n) is 2.80. The van der Waals surface area contributed by atoms with Crippen LogP contribution in [0.2, 0.25) is 0 Å². The fraction of sp³-hybridized carbons (Fsp3) is 0.133. The second kappa shape index (κ2) is 5.52. The van der Waals surface area contributed by atoms with Gasteiger partial charge in [-0.15, -0.1) is 0 Å². The lowest BCUT2D eigenvalue weighted by Crippen LogP contribution is -1.99. The summed E-state index contributed by atoms with van der Waals surface area (Å²) in [5, 5.41) is 11.0. The molecule has 20 heavy (non-hydrogen) atoms. The van der Waals surface area contributed by atoms with Crippen LogP contribution in [0.25, 0.3) is 0 Å². The molecule has 0 N–H and O–H groups in total. The summed E-state index contributed by atoms with van der Waals surface area (Å²) in [6, 6.07) is 11.3. The van der Waals surface area contributed by atoms with Crippen molar-refractivity contribution >= 4 is 11.5 Å². The Hall–Kier alpha value is -2.69. The molecule has 0 unspecified atom stereocenters. The number of nitro benzene ring substituents is 1. The van der Waals surface area contributed by atoms with Crippen molar-refractivity contribution in [3.8, 4) is 11.5 Å². The largest absolute Gasteiger partial charge is 0.449 e. The van der Waals surface area contributed by atoms with Crippen LogP contribution in [-0.4, -0.2) is 10.7 Å². The van der Waals surface area contributed by atoms with Crippen molar-refractivity contribution in [2.75, 3.05) is 0 Å². The van der Waals surface area contributed by atoms with Crippen molar-refractivity contribution in [2.24, 2.45) is 0 Å². The Morgan fingerprint density at radius 1 is 1.15 bits per heavy atom. The molecule has 0 heterocycles. The van der Waals surface area contributed by atoms with Gasteiger partial charge in [-0.1, -0.05) is 18.2 Å². The predicted octanol–water partition coefficient (Wildman–Crippen LogP) is 3.90. The number of rotatable bonds is 4.